The largest absolute Gasteiger partial charge is 0.438 e. The molecule has 2 aliphatic rings. The van der Waals surface area contributed by atoms with Gasteiger partial charge in [0.15, 0.2) is 6.23 Å². The van der Waals surface area contributed by atoms with Crippen LogP contribution in [0.4, 0.5) is 0 Å². The number of ether oxygens (including phenoxy) is 1. The van der Waals surface area contributed by atoms with Gasteiger partial charge in [0.25, 0.3) is 0 Å². The Hall–Kier alpha value is -1.61. The number of cyclic esters (lactones) is 1. The Balaban J connectivity index is 1.94. The molecule has 2 aliphatic heterocycles. The summed E-state index contributed by atoms with van der Waals surface area (Å²) in [4.78, 5) is 13.8. The Morgan fingerprint density at radius 3 is 2.94 bits per heavy atom. The van der Waals surface area contributed by atoms with Crippen molar-refractivity contribution in [2.75, 3.05) is 13.1 Å². The Morgan fingerprint density at radius 2 is 2.12 bits per heavy atom. The summed E-state index contributed by atoms with van der Waals surface area (Å²) in [6, 6.07) is 7.63. The highest BCUT2D eigenvalue weighted by Gasteiger charge is 2.34. The first-order chi connectivity index (χ1) is 7.86. The SMILES string of the molecule is O=C1OC(N2CC=CCC2)c2ccccc21. The maximum atomic E-state index is 11.7. The molecule has 2 heterocycles. The summed E-state index contributed by atoms with van der Waals surface area (Å²) in [7, 11) is 0. The lowest BCUT2D eigenvalue weighted by Gasteiger charge is -2.28. The molecule has 0 spiro atoms. The number of esters is 1. The molecule has 16 heavy (non-hydrogen) atoms. The fourth-order valence-corrected chi connectivity index (χ4v) is 2.27. The summed E-state index contributed by atoms with van der Waals surface area (Å²) in [6.45, 7) is 1.80. The molecule has 0 bridgehead atoms. The van der Waals surface area contributed by atoms with Crippen molar-refractivity contribution in [3.63, 3.8) is 0 Å². The number of carbonyl (C=O) groups excluding carboxylic acids is 1. The third kappa shape index (κ3) is 1.44. The molecular formula is C13H13NO2. The van der Waals surface area contributed by atoms with Gasteiger partial charge in [-0.3, -0.25) is 4.90 Å². The average Bonchev–Trinajstić information content (AvgIpc) is 2.69. The number of fused-ring (bicyclic) bond motifs is 1. The highest BCUT2D eigenvalue weighted by molar-refractivity contribution is 5.93. The van der Waals surface area contributed by atoms with E-state index in [0.29, 0.717) is 5.56 Å². The molecule has 0 aromatic heterocycles. The molecule has 3 rings (SSSR count). The van der Waals surface area contributed by atoms with Gasteiger partial charge in [0, 0.05) is 18.7 Å². The highest BCUT2D eigenvalue weighted by atomic mass is 16.6. The first-order valence-corrected chi connectivity index (χ1v) is 5.55. The number of benzene rings is 1. The third-order valence-electron chi connectivity index (χ3n) is 3.09. The summed E-state index contributed by atoms with van der Waals surface area (Å²) in [5.41, 5.74) is 1.71. The minimum atomic E-state index is -0.199. The van der Waals surface area contributed by atoms with Crippen LogP contribution in [0.25, 0.3) is 0 Å². The van der Waals surface area contributed by atoms with Crippen LogP contribution < -0.4 is 0 Å². The zero-order chi connectivity index (χ0) is 11.0. The Morgan fingerprint density at radius 1 is 1.25 bits per heavy atom. The molecule has 0 radical (unpaired) electrons. The molecule has 0 aliphatic carbocycles. The monoisotopic (exact) mass is 215 g/mol. The molecule has 1 atom stereocenters. The predicted molar refractivity (Wildman–Crippen MR) is 59.9 cm³/mol. The topological polar surface area (TPSA) is 29.5 Å². The van der Waals surface area contributed by atoms with E-state index in [9.17, 15) is 4.79 Å². The Bertz CT molecular complexity index is 453. The fraction of sp³-hybridized carbons (Fsp3) is 0.308. The first-order valence-electron chi connectivity index (χ1n) is 5.55. The van der Waals surface area contributed by atoms with Crippen molar-refractivity contribution in [2.24, 2.45) is 0 Å². The number of rotatable bonds is 1. The lowest BCUT2D eigenvalue weighted by Crippen LogP contribution is -2.31. The van der Waals surface area contributed by atoms with Crippen molar-refractivity contribution in [1.29, 1.82) is 0 Å². The van der Waals surface area contributed by atoms with Gasteiger partial charge in [-0.25, -0.2) is 4.79 Å². The van der Waals surface area contributed by atoms with Crippen molar-refractivity contribution >= 4 is 5.97 Å². The molecule has 0 saturated heterocycles. The smallest absolute Gasteiger partial charge is 0.340 e. The number of hydrogen-bond acceptors (Lipinski definition) is 3. The van der Waals surface area contributed by atoms with E-state index in [1.54, 1.807) is 0 Å². The van der Waals surface area contributed by atoms with E-state index >= 15 is 0 Å². The maximum absolute atomic E-state index is 11.7. The van der Waals surface area contributed by atoms with Gasteiger partial charge in [0.2, 0.25) is 0 Å². The minimum Gasteiger partial charge on any atom is -0.438 e. The average molecular weight is 215 g/mol. The van der Waals surface area contributed by atoms with Gasteiger partial charge in [-0.2, -0.15) is 0 Å². The summed E-state index contributed by atoms with van der Waals surface area (Å²) in [5.74, 6) is -0.199. The molecule has 82 valence electrons. The van der Waals surface area contributed by atoms with Crippen LogP contribution in [0.1, 0.15) is 28.6 Å². The van der Waals surface area contributed by atoms with E-state index in [1.807, 2.05) is 24.3 Å². The van der Waals surface area contributed by atoms with Gasteiger partial charge >= 0.3 is 5.97 Å². The highest BCUT2D eigenvalue weighted by Crippen LogP contribution is 2.33. The second-order valence-electron chi connectivity index (χ2n) is 4.10. The second kappa shape index (κ2) is 3.76. The molecule has 1 unspecified atom stereocenters. The van der Waals surface area contributed by atoms with E-state index < -0.39 is 0 Å². The molecule has 1 aromatic carbocycles. The Labute approximate surface area is 94.3 Å². The van der Waals surface area contributed by atoms with Gasteiger partial charge in [0.1, 0.15) is 0 Å². The van der Waals surface area contributed by atoms with Crippen LogP contribution in [0.2, 0.25) is 0 Å². The Kier molecular flexibility index (Phi) is 2.26. The molecule has 3 nitrogen and oxygen atoms in total. The van der Waals surface area contributed by atoms with Crippen molar-refractivity contribution in [1.82, 2.24) is 4.90 Å². The zero-order valence-corrected chi connectivity index (χ0v) is 8.93. The molecular weight excluding hydrogens is 202 g/mol. The normalized spacial score (nSPS) is 24.2. The second-order valence-corrected chi connectivity index (χ2v) is 4.10. The van der Waals surface area contributed by atoms with Crippen LogP contribution in [-0.2, 0) is 4.74 Å². The summed E-state index contributed by atoms with van der Waals surface area (Å²) < 4.78 is 5.42. The number of hydrogen-bond donors (Lipinski definition) is 0. The molecule has 0 N–H and O–H groups in total. The van der Waals surface area contributed by atoms with E-state index in [2.05, 4.69) is 17.1 Å². The quantitative estimate of drug-likeness (QED) is 0.531. The van der Waals surface area contributed by atoms with Gasteiger partial charge in [-0.05, 0) is 12.5 Å². The van der Waals surface area contributed by atoms with Crippen LogP contribution in [0, 0.1) is 0 Å². The van der Waals surface area contributed by atoms with Crippen LogP contribution in [0.3, 0.4) is 0 Å². The van der Waals surface area contributed by atoms with E-state index in [-0.39, 0.29) is 12.2 Å². The van der Waals surface area contributed by atoms with Crippen LogP contribution in [0.15, 0.2) is 36.4 Å². The maximum Gasteiger partial charge on any atom is 0.340 e. The van der Waals surface area contributed by atoms with Gasteiger partial charge in [-0.1, -0.05) is 30.4 Å². The van der Waals surface area contributed by atoms with E-state index in [0.717, 1.165) is 25.1 Å². The molecule has 0 amide bonds. The lowest BCUT2D eigenvalue weighted by molar-refractivity contribution is -0.0193. The van der Waals surface area contributed by atoms with Gasteiger partial charge in [0.05, 0.1) is 5.56 Å². The summed E-state index contributed by atoms with van der Waals surface area (Å²) in [5, 5.41) is 0. The minimum absolute atomic E-state index is 0.186. The van der Waals surface area contributed by atoms with Crippen LogP contribution in [-0.4, -0.2) is 24.0 Å². The fourth-order valence-electron chi connectivity index (χ4n) is 2.27. The van der Waals surface area contributed by atoms with E-state index in [4.69, 9.17) is 4.74 Å². The van der Waals surface area contributed by atoms with Crippen molar-refractivity contribution in [2.45, 2.75) is 12.6 Å². The van der Waals surface area contributed by atoms with Crippen molar-refractivity contribution in [3.8, 4) is 0 Å². The van der Waals surface area contributed by atoms with Crippen LogP contribution in [0.5, 0.6) is 0 Å². The van der Waals surface area contributed by atoms with Crippen LogP contribution >= 0.6 is 0 Å². The molecule has 1 aromatic rings. The van der Waals surface area contributed by atoms with Crippen molar-refractivity contribution in [3.05, 3.63) is 47.5 Å². The standard InChI is InChI=1S/C13H13NO2/c15-13-11-7-3-2-6-10(11)12(16-13)14-8-4-1-5-9-14/h1-4,6-7,12H,5,8-9H2. The van der Waals surface area contributed by atoms with Gasteiger partial charge < -0.3 is 4.74 Å². The summed E-state index contributed by atoms with van der Waals surface area (Å²) in [6.07, 6.45) is 5.13. The number of carbonyl (C=O) groups is 1. The molecule has 3 heteroatoms. The molecule has 0 saturated carbocycles. The van der Waals surface area contributed by atoms with Crippen molar-refractivity contribution < 1.29 is 9.53 Å². The zero-order valence-electron chi connectivity index (χ0n) is 8.93. The third-order valence-corrected chi connectivity index (χ3v) is 3.09. The predicted octanol–water partition coefficient (Wildman–Crippen LogP) is 2.12. The molecule has 0 fully saturated rings. The summed E-state index contributed by atoms with van der Waals surface area (Å²) >= 11 is 0. The van der Waals surface area contributed by atoms with E-state index in [1.165, 1.54) is 0 Å². The van der Waals surface area contributed by atoms with Gasteiger partial charge in [-0.15, -0.1) is 0 Å². The first kappa shape index (κ1) is 9.60. The lowest BCUT2D eigenvalue weighted by atomic mass is 10.1. The number of nitrogens with zero attached hydrogens (tertiary/aromatic N) is 1.